The van der Waals surface area contributed by atoms with Crippen LogP contribution in [0.25, 0.3) is 11.1 Å². The van der Waals surface area contributed by atoms with Crippen molar-refractivity contribution >= 4 is 34.1 Å². The van der Waals surface area contributed by atoms with E-state index in [9.17, 15) is 0 Å². The SMILES string of the molecule is Cc1c(C)c(N2c3ccccc3C3(c4ccccc4C(c4c(C)c(C)c(N5c6ccccc6Cc6ccccc65)c(C)c4C)c4ccccc43)c3ccccc32)c(C)c(C)c1-c1ccccc1. The smallest absolute Gasteiger partial charge is 0.0748 e. The van der Waals surface area contributed by atoms with Crippen LogP contribution in [0.15, 0.2) is 176 Å². The number of anilines is 6. The molecule has 0 amide bonds. The highest BCUT2D eigenvalue weighted by molar-refractivity contribution is 5.95. The molecule has 0 saturated heterocycles. The van der Waals surface area contributed by atoms with Crippen LogP contribution >= 0.6 is 0 Å². The third-order valence-corrected chi connectivity index (χ3v) is 16.3. The summed E-state index contributed by atoms with van der Waals surface area (Å²) < 4.78 is 0. The van der Waals surface area contributed by atoms with Gasteiger partial charge in [0.1, 0.15) is 0 Å². The van der Waals surface area contributed by atoms with Gasteiger partial charge in [-0.3, -0.25) is 0 Å². The van der Waals surface area contributed by atoms with E-state index in [-0.39, 0.29) is 5.92 Å². The van der Waals surface area contributed by atoms with Crippen LogP contribution in [-0.2, 0) is 11.8 Å². The summed E-state index contributed by atoms with van der Waals surface area (Å²) >= 11 is 0. The van der Waals surface area contributed by atoms with Crippen molar-refractivity contribution in [1.82, 2.24) is 0 Å². The molecule has 0 radical (unpaired) electrons. The Kier molecular flexibility index (Phi) is 9.39. The Morgan fingerprint density at radius 2 is 0.701 bits per heavy atom. The van der Waals surface area contributed by atoms with E-state index in [4.69, 9.17) is 0 Å². The van der Waals surface area contributed by atoms with Crippen LogP contribution in [0.4, 0.5) is 34.1 Å². The molecule has 3 aliphatic rings. The second-order valence-corrected chi connectivity index (χ2v) is 19.3. The third-order valence-electron chi connectivity index (χ3n) is 16.3. The molecule has 0 unspecified atom stereocenters. The topological polar surface area (TPSA) is 6.48 Å². The van der Waals surface area contributed by atoms with Crippen LogP contribution in [0.5, 0.6) is 0 Å². The first-order chi connectivity index (χ1) is 32.6. The van der Waals surface area contributed by atoms with Gasteiger partial charge in [0.15, 0.2) is 0 Å². The lowest BCUT2D eigenvalue weighted by molar-refractivity contribution is 0.670. The third kappa shape index (κ3) is 5.63. The van der Waals surface area contributed by atoms with Crippen LogP contribution in [-0.4, -0.2) is 0 Å². The van der Waals surface area contributed by atoms with E-state index in [1.54, 1.807) is 0 Å². The van der Waals surface area contributed by atoms with Gasteiger partial charge in [-0.1, -0.05) is 152 Å². The van der Waals surface area contributed by atoms with Crippen LogP contribution < -0.4 is 9.80 Å². The number of benzene rings is 9. The fourth-order valence-corrected chi connectivity index (χ4v) is 13.0. The van der Waals surface area contributed by atoms with Crippen molar-refractivity contribution in [2.24, 2.45) is 0 Å². The summed E-state index contributed by atoms with van der Waals surface area (Å²) in [6.45, 7) is 18.8. The average Bonchev–Trinajstić information content (AvgIpc) is 3.37. The molecule has 0 atom stereocenters. The number of nitrogens with zero attached hydrogens (tertiary/aromatic N) is 2. The van der Waals surface area contributed by atoms with Gasteiger partial charge in [-0.05, 0) is 185 Å². The molecule has 9 aromatic carbocycles. The summed E-state index contributed by atoms with van der Waals surface area (Å²) in [6, 6.07) is 66.3. The molecule has 0 saturated carbocycles. The largest absolute Gasteiger partial charge is 0.309 e. The zero-order valence-corrected chi connectivity index (χ0v) is 39.9. The standard InChI is InChI=1S/C65H56N2/c1-39-43(5)64(44(6)40(2)60(39)47-24-10-9-11-25-47)67-58-36-22-18-32-54(58)65(55-33-19-23-37-59(55)67)52-30-16-14-28-50(52)62(51-29-15-17-31-53(51)65)61-41(3)45(7)63(46(8)42(61)4)66-56-34-20-12-26-48(56)38-49-27-13-21-35-57(49)66/h9-37,62H,38H2,1-8H3. The summed E-state index contributed by atoms with van der Waals surface area (Å²) in [5, 5.41) is 0. The number of hydrogen-bond acceptors (Lipinski definition) is 2. The van der Waals surface area contributed by atoms with Crippen molar-refractivity contribution in [3.05, 3.63) is 271 Å². The Balaban J connectivity index is 1.10. The van der Waals surface area contributed by atoms with Crippen LogP contribution in [0.1, 0.15) is 100 Å². The molecule has 0 bridgehead atoms. The summed E-state index contributed by atoms with van der Waals surface area (Å²) in [5.74, 6) is 0.0306. The first-order valence-corrected chi connectivity index (χ1v) is 24.0. The molecule has 0 aromatic heterocycles. The quantitative estimate of drug-likeness (QED) is 0.174. The summed E-state index contributed by atoms with van der Waals surface area (Å²) in [6.07, 6.45) is 0.942. The van der Waals surface area contributed by atoms with Crippen molar-refractivity contribution < 1.29 is 0 Å². The zero-order chi connectivity index (χ0) is 45.9. The van der Waals surface area contributed by atoms with Gasteiger partial charge in [0.2, 0.25) is 0 Å². The van der Waals surface area contributed by atoms with Crippen molar-refractivity contribution in [2.45, 2.75) is 73.1 Å². The second-order valence-electron chi connectivity index (χ2n) is 19.3. The normalized spacial score (nSPS) is 14.2. The monoisotopic (exact) mass is 864 g/mol. The van der Waals surface area contributed by atoms with Gasteiger partial charge < -0.3 is 9.80 Å². The highest BCUT2D eigenvalue weighted by Gasteiger charge is 2.52. The zero-order valence-electron chi connectivity index (χ0n) is 39.9. The second kappa shape index (κ2) is 15.3. The summed E-state index contributed by atoms with van der Waals surface area (Å²) in [4.78, 5) is 5.16. The molecule has 326 valence electrons. The number of rotatable bonds is 4. The minimum absolute atomic E-state index is 0.0306. The van der Waals surface area contributed by atoms with Crippen molar-refractivity contribution in [1.29, 1.82) is 0 Å². The molecule has 0 fully saturated rings. The lowest BCUT2D eigenvalue weighted by atomic mass is 9.55. The Hall–Kier alpha value is -7.42. The van der Waals surface area contributed by atoms with Crippen molar-refractivity contribution in [3.63, 3.8) is 0 Å². The summed E-state index contributed by atoms with van der Waals surface area (Å²) in [7, 11) is 0. The number of para-hydroxylation sites is 4. The molecular formula is C65H56N2. The van der Waals surface area contributed by atoms with E-state index < -0.39 is 5.41 Å². The van der Waals surface area contributed by atoms with E-state index in [0.717, 1.165) is 6.42 Å². The lowest BCUT2D eigenvalue weighted by Crippen LogP contribution is -2.42. The van der Waals surface area contributed by atoms with Gasteiger partial charge in [0, 0.05) is 23.7 Å². The van der Waals surface area contributed by atoms with Gasteiger partial charge in [-0.2, -0.15) is 0 Å². The Morgan fingerprint density at radius 3 is 1.18 bits per heavy atom. The van der Waals surface area contributed by atoms with Crippen molar-refractivity contribution in [2.75, 3.05) is 9.80 Å². The van der Waals surface area contributed by atoms with E-state index in [1.165, 1.54) is 140 Å². The minimum Gasteiger partial charge on any atom is -0.309 e. The van der Waals surface area contributed by atoms with Gasteiger partial charge in [0.25, 0.3) is 0 Å². The number of hydrogen-bond donors (Lipinski definition) is 0. The van der Waals surface area contributed by atoms with Crippen molar-refractivity contribution in [3.8, 4) is 11.1 Å². The molecule has 12 rings (SSSR count). The Morgan fingerprint density at radius 1 is 0.343 bits per heavy atom. The Labute approximate surface area is 396 Å². The molecule has 0 N–H and O–H groups in total. The first kappa shape index (κ1) is 41.0. The molecular weight excluding hydrogens is 809 g/mol. The number of fused-ring (bicyclic) bond motifs is 10. The predicted octanol–water partition coefficient (Wildman–Crippen LogP) is 16.9. The average molecular weight is 865 g/mol. The van der Waals surface area contributed by atoms with Gasteiger partial charge in [0.05, 0.1) is 28.2 Å². The molecule has 2 heterocycles. The van der Waals surface area contributed by atoms with Gasteiger partial charge >= 0.3 is 0 Å². The van der Waals surface area contributed by atoms with E-state index in [1.807, 2.05) is 0 Å². The fourth-order valence-electron chi connectivity index (χ4n) is 13.0. The molecule has 2 aliphatic heterocycles. The van der Waals surface area contributed by atoms with Crippen LogP contribution in [0.2, 0.25) is 0 Å². The van der Waals surface area contributed by atoms with Crippen LogP contribution in [0.3, 0.4) is 0 Å². The molecule has 9 aromatic rings. The lowest BCUT2D eigenvalue weighted by Gasteiger charge is -2.51. The maximum atomic E-state index is 2.60. The van der Waals surface area contributed by atoms with E-state index >= 15 is 0 Å². The molecule has 1 aliphatic carbocycles. The Bertz CT molecular complexity index is 3300. The van der Waals surface area contributed by atoms with Gasteiger partial charge in [-0.15, -0.1) is 0 Å². The molecule has 67 heavy (non-hydrogen) atoms. The predicted molar refractivity (Wildman–Crippen MR) is 281 cm³/mol. The van der Waals surface area contributed by atoms with E-state index in [0.29, 0.717) is 0 Å². The van der Waals surface area contributed by atoms with Crippen LogP contribution in [0, 0.1) is 55.4 Å². The highest BCUT2D eigenvalue weighted by atomic mass is 15.2. The maximum absolute atomic E-state index is 2.60. The molecule has 2 heteroatoms. The maximum Gasteiger partial charge on any atom is 0.0748 e. The molecule has 2 nitrogen and oxygen atoms in total. The highest BCUT2D eigenvalue weighted by Crippen LogP contribution is 2.64. The van der Waals surface area contributed by atoms with E-state index in [2.05, 4.69) is 241 Å². The van der Waals surface area contributed by atoms with Gasteiger partial charge in [-0.25, -0.2) is 0 Å². The first-order valence-electron chi connectivity index (χ1n) is 24.0. The minimum atomic E-state index is -0.573. The fraction of sp³-hybridized carbons (Fsp3) is 0.169. The summed E-state index contributed by atoms with van der Waals surface area (Å²) in [5.41, 5.74) is 32.5. The molecule has 1 spiro atoms.